The minimum Gasteiger partial charge on any atom is -0.493 e. The number of methoxy groups -OCH3 is 2. The Morgan fingerprint density at radius 2 is 1.86 bits per heavy atom. The number of benzene rings is 2. The van der Waals surface area contributed by atoms with Crippen LogP contribution in [0.5, 0.6) is 11.5 Å². The molecule has 0 saturated carbocycles. The number of ether oxygens (including phenoxy) is 2. The van der Waals surface area contributed by atoms with Crippen LogP contribution in [0.2, 0.25) is 5.02 Å². The van der Waals surface area contributed by atoms with Gasteiger partial charge in [0, 0.05) is 28.4 Å². The molecule has 0 amide bonds. The fourth-order valence-corrected chi connectivity index (χ4v) is 3.11. The summed E-state index contributed by atoms with van der Waals surface area (Å²) in [4.78, 5) is 13.5. The lowest BCUT2D eigenvalue weighted by Gasteiger charge is -2.15. The molecule has 0 atom stereocenters. The van der Waals surface area contributed by atoms with Crippen LogP contribution >= 0.6 is 11.6 Å². The Hall–Kier alpha value is -3.38. The number of para-hydroxylation sites is 1. The molecule has 4 rings (SSSR count). The Kier molecular flexibility index (Phi) is 4.95. The monoisotopic (exact) mass is 392 g/mol. The van der Waals surface area contributed by atoms with Gasteiger partial charge in [-0.25, -0.2) is 9.97 Å². The standard InChI is InChI=1S/C21H17ClN4O2/c1-27-18-7-3-6-17(19(18)28-2)25-21-15-11-14(22)8-9-16(15)24-20(26-21)13-5-4-10-23-12-13/h3-12H,1-2H3,(H,24,25,26). The van der Waals surface area contributed by atoms with Gasteiger partial charge in [-0.15, -0.1) is 0 Å². The van der Waals surface area contributed by atoms with Crippen LogP contribution in [0.15, 0.2) is 60.9 Å². The summed E-state index contributed by atoms with van der Waals surface area (Å²) in [5, 5.41) is 4.74. The molecular weight excluding hydrogens is 376 g/mol. The number of pyridine rings is 1. The van der Waals surface area contributed by atoms with Crippen LogP contribution in [0.25, 0.3) is 22.3 Å². The predicted molar refractivity (Wildman–Crippen MR) is 111 cm³/mol. The van der Waals surface area contributed by atoms with E-state index in [9.17, 15) is 0 Å². The van der Waals surface area contributed by atoms with Crippen LogP contribution in [0.1, 0.15) is 0 Å². The summed E-state index contributed by atoms with van der Waals surface area (Å²) in [5.74, 6) is 2.38. The summed E-state index contributed by atoms with van der Waals surface area (Å²) in [6.45, 7) is 0. The zero-order valence-electron chi connectivity index (χ0n) is 15.3. The number of fused-ring (bicyclic) bond motifs is 1. The van der Waals surface area contributed by atoms with Crippen molar-refractivity contribution in [2.75, 3.05) is 19.5 Å². The molecule has 0 unspecified atom stereocenters. The molecule has 0 aliphatic rings. The largest absolute Gasteiger partial charge is 0.493 e. The van der Waals surface area contributed by atoms with Gasteiger partial charge < -0.3 is 14.8 Å². The summed E-state index contributed by atoms with van der Waals surface area (Å²) in [5.41, 5.74) is 2.31. The van der Waals surface area contributed by atoms with Crippen molar-refractivity contribution in [3.63, 3.8) is 0 Å². The van der Waals surface area contributed by atoms with Crippen molar-refractivity contribution in [1.82, 2.24) is 15.0 Å². The molecule has 0 bridgehead atoms. The van der Waals surface area contributed by atoms with Crippen molar-refractivity contribution in [1.29, 1.82) is 0 Å². The molecule has 0 saturated heterocycles. The number of hydrogen-bond acceptors (Lipinski definition) is 6. The van der Waals surface area contributed by atoms with E-state index in [2.05, 4.69) is 15.3 Å². The normalized spacial score (nSPS) is 10.7. The molecule has 2 heterocycles. The van der Waals surface area contributed by atoms with Gasteiger partial charge in [0.2, 0.25) is 0 Å². The van der Waals surface area contributed by atoms with E-state index >= 15 is 0 Å². The molecule has 0 fully saturated rings. The summed E-state index contributed by atoms with van der Waals surface area (Å²) >= 11 is 6.22. The Balaban J connectivity index is 1.89. The van der Waals surface area contributed by atoms with Crippen molar-refractivity contribution in [3.8, 4) is 22.9 Å². The van der Waals surface area contributed by atoms with Gasteiger partial charge in [0.15, 0.2) is 17.3 Å². The quantitative estimate of drug-likeness (QED) is 0.509. The molecule has 6 nitrogen and oxygen atoms in total. The number of anilines is 2. The lowest BCUT2D eigenvalue weighted by atomic mass is 10.2. The smallest absolute Gasteiger partial charge is 0.184 e. The fourth-order valence-electron chi connectivity index (χ4n) is 2.93. The molecule has 140 valence electrons. The van der Waals surface area contributed by atoms with Crippen molar-refractivity contribution in [3.05, 3.63) is 65.9 Å². The van der Waals surface area contributed by atoms with Crippen LogP contribution < -0.4 is 14.8 Å². The number of rotatable bonds is 5. The number of nitrogens with one attached hydrogen (secondary N) is 1. The lowest BCUT2D eigenvalue weighted by molar-refractivity contribution is 0.356. The zero-order chi connectivity index (χ0) is 19.5. The van der Waals surface area contributed by atoms with E-state index in [-0.39, 0.29) is 0 Å². The molecule has 2 aromatic heterocycles. The minimum absolute atomic E-state index is 0.562. The number of halogens is 1. The average Bonchev–Trinajstić information content (AvgIpc) is 2.74. The third-order valence-electron chi connectivity index (χ3n) is 4.23. The molecule has 1 N–H and O–H groups in total. The SMILES string of the molecule is COc1cccc(Nc2nc(-c3cccnc3)nc3ccc(Cl)cc23)c1OC. The molecule has 28 heavy (non-hydrogen) atoms. The van der Waals surface area contributed by atoms with Gasteiger partial charge in [0.1, 0.15) is 5.82 Å². The number of nitrogens with zero attached hydrogens (tertiary/aromatic N) is 3. The van der Waals surface area contributed by atoms with Crippen molar-refractivity contribution in [2.45, 2.75) is 0 Å². The summed E-state index contributed by atoms with van der Waals surface area (Å²) < 4.78 is 10.9. The Bertz CT molecular complexity index is 1140. The van der Waals surface area contributed by atoms with Crippen LogP contribution in [0.3, 0.4) is 0 Å². The van der Waals surface area contributed by atoms with Gasteiger partial charge in [0.05, 0.1) is 25.4 Å². The highest BCUT2D eigenvalue weighted by atomic mass is 35.5. The second-order valence-corrected chi connectivity index (χ2v) is 6.40. The first-order chi connectivity index (χ1) is 13.7. The van der Waals surface area contributed by atoms with Crippen molar-refractivity contribution < 1.29 is 9.47 Å². The first kappa shape index (κ1) is 18.0. The van der Waals surface area contributed by atoms with E-state index in [1.165, 1.54) is 0 Å². The van der Waals surface area contributed by atoms with E-state index < -0.39 is 0 Å². The van der Waals surface area contributed by atoms with Crippen molar-refractivity contribution >= 4 is 34.0 Å². The maximum absolute atomic E-state index is 6.22. The van der Waals surface area contributed by atoms with Gasteiger partial charge in [-0.2, -0.15) is 0 Å². The Morgan fingerprint density at radius 1 is 0.964 bits per heavy atom. The van der Waals surface area contributed by atoms with Crippen LogP contribution in [-0.2, 0) is 0 Å². The number of hydrogen-bond donors (Lipinski definition) is 1. The molecule has 0 aliphatic carbocycles. The maximum atomic E-state index is 6.22. The predicted octanol–water partition coefficient (Wildman–Crippen LogP) is 5.11. The topological polar surface area (TPSA) is 69.2 Å². The highest BCUT2D eigenvalue weighted by Crippen LogP contribution is 2.38. The maximum Gasteiger partial charge on any atom is 0.184 e. The van der Waals surface area contributed by atoms with Crippen LogP contribution in [0, 0.1) is 0 Å². The highest BCUT2D eigenvalue weighted by molar-refractivity contribution is 6.31. The van der Waals surface area contributed by atoms with Crippen LogP contribution in [-0.4, -0.2) is 29.2 Å². The highest BCUT2D eigenvalue weighted by Gasteiger charge is 2.14. The molecule has 7 heteroatoms. The first-order valence-electron chi connectivity index (χ1n) is 8.55. The zero-order valence-corrected chi connectivity index (χ0v) is 16.1. The van der Waals surface area contributed by atoms with E-state index in [0.29, 0.717) is 28.2 Å². The lowest BCUT2D eigenvalue weighted by Crippen LogP contribution is -2.02. The second kappa shape index (κ2) is 7.70. The molecule has 0 aliphatic heterocycles. The molecular formula is C21H17ClN4O2. The van der Waals surface area contributed by atoms with E-state index in [1.807, 2.05) is 42.5 Å². The molecule has 0 spiro atoms. The molecule has 2 aromatic carbocycles. The van der Waals surface area contributed by atoms with Gasteiger partial charge in [-0.3, -0.25) is 4.98 Å². The van der Waals surface area contributed by atoms with Gasteiger partial charge >= 0.3 is 0 Å². The minimum atomic E-state index is 0.562. The number of aromatic nitrogens is 3. The molecule has 0 radical (unpaired) electrons. The molecule has 4 aromatic rings. The van der Waals surface area contributed by atoms with E-state index in [0.717, 1.165) is 22.2 Å². The van der Waals surface area contributed by atoms with Crippen molar-refractivity contribution in [2.24, 2.45) is 0 Å². The third-order valence-corrected chi connectivity index (χ3v) is 4.47. The van der Waals surface area contributed by atoms with Gasteiger partial charge in [-0.1, -0.05) is 17.7 Å². The summed E-state index contributed by atoms with van der Waals surface area (Å²) in [6.07, 6.45) is 3.44. The van der Waals surface area contributed by atoms with Crippen LogP contribution in [0.4, 0.5) is 11.5 Å². The van der Waals surface area contributed by atoms with E-state index in [4.69, 9.17) is 26.1 Å². The Morgan fingerprint density at radius 3 is 2.61 bits per heavy atom. The average molecular weight is 393 g/mol. The Labute approximate surface area is 167 Å². The second-order valence-electron chi connectivity index (χ2n) is 5.97. The fraction of sp³-hybridized carbons (Fsp3) is 0.0952. The summed E-state index contributed by atoms with van der Waals surface area (Å²) in [6, 6.07) is 14.9. The van der Waals surface area contributed by atoms with Gasteiger partial charge in [-0.05, 0) is 42.5 Å². The van der Waals surface area contributed by atoms with E-state index in [1.54, 1.807) is 32.7 Å². The first-order valence-corrected chi connectivity index (χ1v) is 8.93. The summed E-state index contributed by atoms with van der Waals surface area (Å²) in [7, 11) is 3.20. The third kappa shape index (κ3) is 3.42. The van der Waals surface area contributed by atoms with Gasteiger partial charge in [0.25, 0.3) is 0 Å².